The molecule has 0 radical (unpaired) electrons. The fourth-order valence-corrected chi connectivity index (χ4v) is 9.36. The van der Waals surface area contributed by atoms with E-state index in [4.69, 9.17) is 10.2 Å². The summed E-state index contributed by atoms with van der Waals surface area (Å²) in [4.78, 5) is 5.47. The fraction of sp³-hybridized carbons (Fsp3) is 0.938. The fourth-order valence-electron chi connectivity index (χ4n) is 9.36. The molecule has 0 atom stereocenters. The molecule has 0 aromatic carbocycles. The lowest BCUT2D eigenvalue weighted by Gasteiger charge is -2.50. The Morgan fingerprint density at radius 1 is 0.524 bits per heavy atom. The number of rotatable bonds is 8. The molecule has 1 aliphatic heterocycles. The van der Waals surface area contributed by atoms with Gasteiger partial charge in [0.25, 0.3) is 0 Å². The minimum Gasteiger partial charge on any atom is -0.288 e. The van der Waals surface area contributed by atoms with Crippen LogP contribution in [-0.4, -0.2) is 76.4 Å². The van der Waals surface area contributed by atoms with Crippen LogP contribution in [0.15, 0.2) is 0 Å². The highest BCUT2D eigenvalue weighted by atomic mass is 15.6. The summed E-state index contributed by atoms with van der Waals surface area (Å²) < 4.78 is 4.36. The van der Waals surface area contributed by atoms with Gasteiger partial charge in [0.15, 0.2) is 11.6 Å². The first-order chi connectivity index (χ1) is 19.5. The Morgan fingerprint density at radius 2 is 0.833 bits per heavy atom. The second kappa shape index (κ2) is 10.9. The summed E-state index contributed by atoms with van der Waals surface area (Å²) >= 11 is 0. The van der Waals surface area contributed by atoms with Gasteiger partial charge in [0.1, 0.15) is 0 Å². The predicted molar refractivity (Wildman–Crippen MR) is 166 cm³/mol. The Morgan fingerprint density at radius 3 is 1.12 bits per heavy atom. The van der Waals surface area contributed by atoms with E-state index in [2.05, 4.69) is 109 Å². The van der Waals surface area contributed by atoms with Crippen LogP contribution in [0.4, 0.5) is 0 Å². The van der Waals surface area contributed by atoms with E-state index >= 15 is 0 Å². The standard InChI is InChI=1S/C32H58N10/c1-27(2,3)23-29(7,8)41-25(33-35-37-41)31(15-11-12-16-31)39-19-21-40(22-20-39)32(17-13-14-18-32)26-34-36-38-42(26)30(9,10)24-28(4,5)6/h11-24H2,1-10H3. The van der Waals surface area contributed by atoms with E-state index in [-0.39, 0.29) is 33.0 Å². The zero-order chi connectivity index (χ0) is 30.6. The van der Waals surface area contributed by atoms with E-state index in [9.17, 15) is 0 Å². The van der Waals surface area contributed by atoms with Crippen LogP contribution >= 0.6 is 0 Å². The van der Waals surface area contributed by atoms with Gasteiger partial charge in [0.2, 0.25) is 0 Å². The van der Waals surface area contributed by atoms with Crippen molar-refractivity contribution in [2.45, 2.75) is 156 Å². The van der Waals surface area contributed by atoms with Crippen molar-refractivity contribution in [3.63, 3.8) is 0 Å². The van der Waals surface area contributed by atoms with E-state index in [1.165, 1.54) is 25.7 Å². The van der Waals surface area contributed by atoms with Gasteiger partial charge in [-0.3, -0.25) is 9.80 Å². The Labute approximate surface area is 254 Å². The van der Waals surface area contributed by atoms with Crippen LogP contribution in [0, 0.1) is 10.8 Å². The second-order valence-corrected chi connectivity index (χ2v) is 17.4. The van der Waals surface area contributed by atoms with Crippen molar-refractivity contribution in [1.82, 2.24) is 50.2 Å². The number of tetrazole rings is 2. The van der Waals surface area contributed by atoms with Gasteiger partial charge in [0, 0.05) is 26.2 Å². The molecule has 10 nitrogen and oxygen atoms in total. The molecule has 3 aliphatic rings. The number of piperazine rings is 1. The lowest BCUT2D eigenvalue weighted by Crippen LogP contribution is -2.60. The molecular weight excluding hydrogens is 524 g/mol. The molecule has 2 aliphatic carbocycles. The highest BCUT2D eigenvalue weighted by Gasteiger charge is 2.52. The van der Waals surface area contributed by atoms with Gasteiger partial charge in [-0.15, -0.1) is 10.2 Å². The first kappa shape index (κ1) is 31.5. The molecule has 5 rings (SSSR count). The SMILES string of the molecule is CC(C)(C)CC(C)(C)n1nnnc1C1(N2CCN(C3(c4nnnn4C(C)(C)CC(C)(C)C)CCCC3)CC2)CCCC1. The van der Waals surface area contributed by atoms with E-state index < -0.39 is 0 Å². The van der Waals surface area contributed by atoms with E-state index in [1.54, 1.807) is 0 Å². The number of aromatic nitrogens is 8. The first-order valence-corrected chi connectivity index (χ1v) is 16.6. The maximum Gasteiger partial charge on any atom is 0.172 e. The quantitative estimate of drug-likeness (QED) is 0.382. The predicted octanol–water partition coefficient (Wildman–Crippen LogP) is 5.86. The molecule has 236 valence electrons. The molecule has 3 heterocycles. The smallest absolute Gasteiger partial charge is 0.172 e. The van der Waals surface area contributed by atoms with E-state index in [0.29, 0.717) is 0 Å². The summed E-state index contributed by atoms with van der Waals surface area (Å²) in [5.74, 6) is 2.15. The molecule has 2 aromatic rings. The number of hydrogen-bond acceptors (Lipinski definition) is 8. The molecule has 0 unspecified atom stereocenters. The highest BCUT2D eigenvalue weighted by molar-refractivity contribution is 5.15. The van der Waals surface area contributed by atoms with Crippen molar-refractivity contribution in [1.29, 1.82) is 0 Å². The number of nitrogens with zero attached hydrogens (tertiary/aromatic N) is 10. The van der Waals surface area contributed by atoms with E-state index in [0.717, 1.165) is 76.4 Å². The molecule has 0 spiro atoms. The summed E-state index contributed by atoms with van der Waals surface area (Å²) in [7, 11) is 0. The molecule has 0 N–H and O–H groups in total. The van der Waals surface area contributed by atoms with Crippen molar-refractivity contribution >= 4 is 0 Å². The molecule has 3 fully saturated rings. The molecular formula is C32H58N10. The Bertz CT molecular complexity index is 1100. The summed E-state index contributed by atoms with van der Waals surface area (Å²) in [6.45, 7) is 27.1. The van der Waals surface area contributed by atoms with Crippen LogP contribution in [0.5, 0.6) is 0 Å². The van der Waals surface area contributed by atoms with Crippen LogP contribution in [0.3, 0.4) is 0 Å². The molecule has 2 saturated carbocycles. The average molecular weight is 583 g/mol. The van der Waals surface area contributed by atoms with Gasteiger partial charge in [-0.05, 0) is 97.9 Å². The summed E-state index contributed by atoms with van der Waals surface area (Å²) in [5.41, 5.74) is -0.117. The summed E-state index contributed by atoms with van der Waals surface area (Å²) in [5, 5.41) is 27.4. The lowest BCUT2D eigenvalue weighted by molar-refractivity contribution is -0.0284. The maximum atomic E-state index is 4.78. The zero-order valence-corrected chi connectivity index (χ0v) is 28.4. The van der Waals surface area contributed by atoms with E-state index in [1.807, 2.05) is 0 Å². The van der Waals surface area contributed by atoms with Crippen molar-refractivity contribution in [2.75, 3.05) is 26.2 Å². The van der Waals surface area contributed by atoms with Gasteiger partial charge >= 0.3 is 0 Å². The molecule has 10 heteroatoms. The summed E-state index contributed by atoms with van der Waals surface area (Å²) in [6.07, 6.45) is 11.5. The minimum absolute atomic E-state index is 0.0934. The first-order valence-electron chi connectivity index (χ1n) is 16.6. The van der Waals surface area contributed by atoms with Crippen molar-refractivity contribution in [3.8, 4) is 0 Å². The molecule has 1 saturated heterocycles. The Hall–Kier alpha value is -1.94. The van der Waals surface area contributed by atoms with Gasteiger partial charge in [-0.25, -0.2) is 9.36 Å². The monoisotopic (exact) mass is 582 g/mol. The van der Waals surface area contributed by atoms with Crippen molar-refractivity contribution in [3.05, 3.63) is 11.6 Å². The van der Waals surface area contributed by atoms with Crippen LogP contribution in [0.2, 0.25) is 0 Å². The molecule has 2 aromatic heterocycles. The average Bonchev–Trinajstić information content (AvgIpc) is 3.67. The zero-order valence-electron chi connectivity index (χ0n) is 28.4. The van der Waals surface area contributed by atoms with Gasteiger partial charge < -0.3 is 0 Å². The normalized spacial score (nSPS) is 22.7. The van der Waals surface area contributed by atoms with Crippen LogP contribution in [0.1, 0.15) is 145 Å². The van der Waals surface area contributed by atoms with Crippen molar-refractivity contribution < 1.29 is 0 Å². The van der Waals surface area contributed by atoms with Gasteiger partial charge in [0.05, 0.1) is 22.2 Å². The Balaban J connectivity index is 1.41. The highest BCUT2D eigenvalue weighted by Crippen LogP contribution is 2.48. The number of hydrogen-bond donors (Lipinski definition) is 0. The molecule has 0 amide bonds. The van der Waals surface area contributed by atoms with Crippen LogP contribution in [0.25, 0.3) is 0 Å². The van der Waals surface area contributed by atoms with Gasteiger partial charge in [-0.1, -0.05) is 67.2 Å². The third-order valence-corrected chi connectivity index (χ3v) is 10.2. The summed E-state index contributed by atoms with van der Waals surface area (Å²) in [6, 6.07) is 0. The molecule has 0 bridgehead atoms. The largest absolute Gasteiger partial charge is 0.288 e. The third kappa shape index (κ3) is 5.91. The van der Waals surface area contributed by atoms with Crippen LogP contribution < -0.4 is 0 Å². The Kier molecular flexibility index (Phi) is 8.17. The van der Waals surface area contributed by atoms with Crippen LogP contribution in [-0.2, 0) is 22.2 Å². The maximum absolute atomic E-state index is 4.78. The molecule has 42 heavy (non-hydrogen) atoms. The third-order valence-electron chi connectivity index (χ3n) is 10.2. The van der Waals surface area contributed by atoms with Crippen molar-refractivity contribution in [2.24, 2.45) is 10.8 Å². The second-order valence-electron chi connectivity index (χ2n) is 17.4. The van der Waals surface area contributed by atoms with Gasteiger partial charge in [-0.2, -0.15) is 0 Å². The minimum atomic E-state index is -0.153. The lowest BCUT2D eigenvalue weighted by atomic mass is 9.81. The topological polar surface area (TPSA) is 93.7 Å².